The Hall–Kier alpha value is -4.58. The van der Waals surface area contributed by atoms with E-state index in [2.05, 4.69) is 41.7 Å². The highest BCUT2D eigenvalue weighted by molar-refractivity contribution is 5.62. The number of hydrogen-bond donors (Lipinski definition) is 1. The van der Waals surface area contributed by atoms with Crippen molar-refractivity contribution in [3.8, 4) is 17.2 Å². The molecule has 0 bridgehead atoms. The normalized spacial score (nSPS) is 19.4. The highest BCUT2D eigenvalue weighted by atomic mass is 16.6. The van der Waals surface area contributed by atoms with Gasteiger partial charge in [0, 0.05) is 23.7 Å². The lowest BCUT2D eigenvalue weighted by atomic mass is 9.77. The molecule has 1 aliphatic carbocycles. The predicted molar refractivity (Wildman–Crippen MR) is 143 cm³/mol. The molecule has 0 saturated carbocycles. The van der Waals surface area contributed by atoms with Crippen molar-refractivity contribution >= 4 is 11.4 Å². The van der Waals surface area contributed by atoms with E-state index in [0.717, 1.165) is 34.9 Å². The second-order valence-electron chi connectivity index (χ2n) is 9.42. The van der Waals surface area contributed by atoms with Gasteiger partial charge in [-0.15, -0.1) is 0 Å². The van der Waals surface area contributed by atoms with Gasteiger partial charge in [-0.05, 0) is 83.6 Å². The lowest BCUT2D eigenvalue weighted by Crippen LogP contribution is -2.29. The van der Waals surface area contributed by atoms with Gasteiger partial charge in [0.15, 0.2) is 0 Å². The summed E-state index contributed by atoms with van der Waals surface area (Å²) in [6.45, 7) is 0.356. The van der Waals surface area contributed by atoms with Crippen molar-refractivity contribution in [3.63, 3.8) is 0 Å². The maximum Gasteiger partial charge on any atom is 0.269 e. The summed E-state index contributed by atoms with van der Waals surface area (Å²) >= 11 is 0. The van der Waals surface area contributed by atoms with Crippen molar-refractivity contribution < 1.29 is 14.4 Å². The molecule has 0 aromatic heterocycles. The molecule has 0 unspecified atom stereocenters. The summed E-state index contributed by atoms with van der Waals surface area (Å²) in [4.78, 5) is 10.4. The van der Waals surface area contributed by atoms with Crippen LogP contribution in [0, 0.1) is 16.0 Å². The minimum absolute atomic E-state index is 0.0781. The van der Waals surface area contributed by atoms with Gasteiger partial charge >= 0.3 is 0 Å². The van der Waals surface area contributed by atoms with Gasteiger partial charge in [-0.25, -0.2) is 0 Å². The molecule has 6 heteroatoms. The fourth-order valence-corrected chi connectivity index (χ4v) is 5.24. The van der Waals surface area contributed by atoms with Gasteiger partial charge in [0.2, 0.25) is 0 Å². The Bertz CT molecular complexity index is 1430. The SMILES string of the molecule is O=[N+]([O-])c1ccc(COc2ccc([C@@H]3Nc4ccc(Oc5ccccc5)cc4[C@@H]4C=CC[C@@H]43)cc2)cc1. The zero-order chi connectivity index (χ0) is 25.2. The molecular formula is C31H26N2O4. The number of para-hydroxylation sites is 1. The zero-order valence-electron chi connectivity index (χ0n) is 20.1. The topological polar surface area (TPSA) is 73.6 Å². The number of nitro benzene ring substituents is 1. The second-order valence-corrected chi connectivity index (χ2v) is 9.42. The molecular weight excluding hydrogens is 464 g/mol. The van der Waals surface area contributed by atoms with Crippen molar-refractivity contribution in [1.29, 1.82) is 0 Å². The van der Waals surface area contributed by atoms with Crippen LogP contribution in [-0.4, -0.2) is 4.92 Å². The first-order valence-electron chi connectivity index (χ1n) is 12.4. The van der Waals surface area contributed by atoms with Gasteiger partial charge in [-0.1, -0.05) is 42.5 Å². The minimum Gasteiger partial charge on any atom is -0.489 e. The molecule has 0 spiro atoms. The monoisotopic (exact) mass is 490 g/mol. The molecule has 0 radical (unpaired) electrons. The summed E-state index contributed by atoms with van der Waals surface area (Å²) < 4.78 is 12.0. The van der Waals surface area contributed by atoms with Gasteiger partial charge in [-0.2, -0.15) is 0 Å². The standard InChI is InChI=1S/C31H26N2O4/c34-33(35)23-13-9-21(10-14-23)20-36-24-15-11-22(12-16-24)31-28-8-4-7-27(28)29-19-26(17-18-30(29)32-31)37-25-5-2-1-3-6-25/h1-7,9-19,27-28,31-32H,8,20H2/t27-,28+,31+/m1/s1. The van der Waals surface area contributed by atoms with Gasteiger partial charge in [0.25, 0.3) is 5.69 Å². The fourth-order valence-electron chi connectivity index (χ4n) is 5.24. The summed E-state index contributed by atoms with van der Waals surface area (Å²) in [5, 5.41) is 14.6. The Labute approximate surface area is 215 Å². The van der Waals surface area contributed by atoms with E-state index in [1.165, 1.54) is 23.3 Å². The quantitative estimate of drug-likeness (QED) is 0.163. The Kier molecular flexibility index (Phi) is 6.06. The molecule has 1 N–H and O–H groups in total. The molecule has 1 heterocycles. The van der Waals surface area contributed by atoms with Crippen molar-refractivity contribution in [1.82, 2.24) is 0 Å². The average Bonchev–Trinajstić information content (AvgIpc) is 3.43. The van der Waals surface area contributed by atoms with Crippen LogP contribution in [0.25, 0.3) is 0 Å². The van der Waals surface area contributed by atoms with Crippen LogP contribution >= 0.6 is 0 Å². The number of nitrogens with one attached hydrogen (secondary N) is 1. The molecule has 0 saturated heterocycles. The van der Waals surface area contributed by atoms with Gasteiger partial charge < -0.3 is 14.8 Å². The minimum atomic E-state index is -0.400. The average molecular weight is 491 g/mol. The molecule has 6 nitrogen and oxygen atoms in total. The number of hydrogen-bond acceptors (Lipinski definition) is 5. The molecule has 0 fully saturated rings. The van der Waals surface area contributed by atoms with Gasteiger partial charge in [-0.3, -0.25) is 10.1 Å². The number of non-ortho nitro benzene ring substituents is 1. The van der Waals surface area contributed by atoms with Crippen LogP contribution in [0.2, 0.25) is 0 Å². The summed E-state index contributed by atoms with van der Waals surface area (Å²) in [7, 11) is 0. The van der Waals surface area contributed by atoms with Crippen molar-refractivity contribution in [2.45, 2.75) is 25.0 Å². The van der Waals surface area contributed by atoms with Crippen molar-refractivity contribution in [2.75, 3.05) is 5.32 Å². The summed E-state index contributed by atoms with van der Waals surface area (Å²) in [5.41, 5.74) is 4.59. The molecule has 4 aromatic rings. The number of rotatable bonds is 7. The molecule has 6 rings (SSSR count). The van der Waals surface area contributed by atoms with E-state index >= 15 is 0 Å². The maximum atomic E-state index is 10.8. The van der Waals surface area contributed by atoms with E-state index < -0.39 is 4.92 Å². The largest absolute Gasteiger partial charge is 0.489 e. The molecule has 4 aromatic carbocycles. The summed E-state index contributed by atoms with van der Waals surface area (Å²) in [6.07, 6.45) is 5.63. The smallest absolute Gasteiger partial charge is 0.269 e. The van der Waals surface area contributed by atoms with Crippen molar-refractivity contribution in [2.24, 2.45) is 5.92 Å². The van der Waals surface area contributed by atoms with Crippen LogP contribution in [0.3, 0.4) is 0 Å². The number of benzene rings is 4. The Balaban J connectivity index is 1.16. The predicted octanol–water partition coefficient (Wildman–Crippen LogP) is 7.79. The molecule has 184 valence electrons. The highest BCUT2D eigenvalue weighted by Gasteiger charge is 2.38. The van der Waals surface area contributed by atoms with E-state index in [1.54, 1.807) is 12.1 Å². The molecule has 2 aliphatic rings. The Morgan fingerprint density at radius 2 is 1.62 bits per heavy atom. The van der Waals surface area contributed by atoms with Crippen LogP contribution < -0.4 is 14.8 Å². The van der Waals surface area contributed by atoms with Crippen LogP contribution in [0.5, 0.6) is 17.2 Å². The third-order valence-electron chi connectivity index (χ3n) is 7.11. The molecule has 1 aliphatic heterocycles. The summed E-state index contributed by atoms with van der Waals surface area (Å²) in [5.74, 6) is 3.20. The van der Waals surface area contributed by atoms with Crippen LogP contribution in [0.15, 0.2) is 109 Å². The number of nitrogens with zero attached hydrogens (tertiary/aromatic N) is 1. The second kappa shape index (κ2) is 9.82. The molecule has 37 heavy (non-hydrogen) atoms. The van der Waals surface area contributed by atoms with Crippen LogP contribution in [-0.2, 0) is 6.61 Å². The van der Waals surface area contributed by atoms with Crippen molar-refractivity contribution in [3.05, 3.63) is 136 Å². The maximum absolute atomic E-state index is 10.8. The lowest BCUT2D eigenvalue weighted by Gasteiger charge is -2.37. The number of ether oxygens (including phenoxy) is 2. The zero-order valence-corrected chi connectivity index (χ0v) is 20.1. The van der Waals surface area contributed by atoms with E-state index in [4.69, 9.17) is 9.47 Å². The lowest BCUT2D eigenvalue weighted by molar-refractivity contribution is -0.384. The highest BCUT2D eigenvalue weighted by Crippen LogP contribution is 2.50. The fraction of sp³-hybridized carbons (Fsp3) is 0.161. The summed E-state index contributed by atoms with van der Waals surface area (Å²) in [6, 6.07) is 31.0. The molecule has 0 amide bonds. The third kappa shape index (κ3) is 4.78. The first-order chi connectivity index (χ1) is 18.1. The van der Waals surface area contributed by atoms with E-state index in [1.807, 2.05) is 48.5 Å². The van der Waals surface area contributed by atoms with E-state index in [0.29, 0.717) is 18.4 Å². The third-order valence-corrected chi connectivity index (χ3v) is 7.11. The first-order valence-corrected chi connectivity index (χ1v) is 12.4. The Morgan fingerprint density at radius 1 is 0.865 bits per heavy atom. The van der Waals surface area contributed by atoms with E-state index in [-0.39, 0.29) is 11.7 Å². The number of nitro groups is 1. The molecule has 3 atom stereocenters. The van der Waals surface area contributed by atoms with Crippen LogP contribution in [0.4, 0.5) is 11.4 Å². The van der Waals surface area contributed by atoms with Crippen LogP contribution in [0.1, 0.15) is 35.1 Å². The Morgan fingerprint density at radius 3 is 2.38 bits per heavy atom. The van der Waals surface area contributed by atoms with Gasteiger partial charge in [0.1, 0.15) is 23.9 Å². The number of fused-ring (bicyclic) bond motifs is 3. The van der Waals surface area contributed by atoms with Gasteiger partial charge in [0.05, 0.1) is 11.0 Å². The first kappa shape index (κ1) is 22.9. The number of allylic oxidation sites excluding steroid dienone is 2. The van der Waals surface area contributed by atoms with E-state index in [9.17, 15) is 10.1 Å². The number of anilines is 1.